The number of fused-ring (bicyclic) bond motifs is 1. The number of allylic oxidation sites excluding steroid dienone is 1. The third-order valence-electron chi connectivity index (χ3n) is 5.97. The van der Waals surface area contributed by atoms with E-state index in [1.807, 2.05) is 37.4 Å². The molecule has 3 rings (SSSR count). The molecule has 0 radical (unpaired) electrons. The summed E-state index contributed by atoms with van der Waals surface area (Å²) in [6, 6.07) is 3.60. The van der Waals surface area contributed by atoms with Crippen LogP contribution >= 0.6 is 0 Å². The zero-order valence-corrected chi connectivity index (χ0v) is 20.5. The van der Waals surface area contributed by atoms with Gasteiger partial charge in [0.25, 0.3) is 0 Å². The minimum atomic E-state index is -3.44. The number of sulfone groups is 1. The number of aromatic amines is 1. The van der Waals surface area contributed by atoms with Crippen LogP contribution in [0.25, 0.3) is 12.2 Å². The molecular weight excluding hydrogens is 440 g/mol. The van der Waals surface area contributed by atoms with Crippen molar-refractivity contribution in [2.45, 2.75) is 32.2 Å². The van der Waals surface area contributed by atoms with E-state index in [1.165, 1.54) is 0 Å². The molecule has 178 valence electrons. The highest BCUT2D eigenvalue weighted by Gasteiger charge is 2.33. The largest absolute Gasteiger partial charge is 0.493 e. The van der Waals surface area contributed by atoms with Gasteiger partial charge >= 0.3 is 0 Å². The molecule has 2 heterocycles. The number of amides is 1. The van der Waals surface area contributed by atoms with Crippen LogP contribution in [0.1, 0.15) is 47.3 Å². The summed E-state index contributed by atoms with van der Waals surface area (Å²) in [4.78, 5) is 18.0. The van der Waals surface area contributed by atoms with E-state index in [9.17, 15) is 13.2 Å². The number of nitrogens with one attached hydrogen (secondary N) is 1. The van der Waals surface area contributed by atoms with E-state index in [4.69, 9.17) is 9.47 Å². The van der Waals surface area contributed by atoms with Gasteiger partial charge in [-0.15, -0.1) is 0 Å². The number of hydrogen-bond donors (Lipinski definition) is 1. The molecule has 1 aliphatic rings. The monoisotopic (exact) mass is 472 g/mol. The van der Waals surface area contributed by atoms with E-state index in [2.05, 4.69) is 11.6 Å². The van der Waals surface area contributed by atoms with Gasteiger partial charge in [0.1, 0.15) is 5.75 Å². The number of carbonyl (C=O) groups excluding carboxylic acids is 1. The van der Waals surface area contributed by atoms with Crippen LogP contribution in [0.4, 0.5) is 0 Å². The Labute approximate surface area is 196 Å². The van der Waals surface area contributed by atoms with Gasteiger partial charge in [0, 0.05) is 30.3 Å². The molecule has 1 unspecified atom stereocenters. The third-order valence-corrected chi connectivity index (χ3v) is 6.74. The molecule has 33 heavy (non-hydrogen) atoms. The van der Waals surface area contributed by atoms with Crippen LogP contribution in [0.2, 0.25) is 0 Å². The number of methoxy groups -OCH3 is 2. The molecule has 0 fully saturated rings. The molecule has 1 amide bonds. The molecular formula is C25H32N2O5S. The summed E-state index contributed by atoms with van der Waals surface area (Å²) in [7, 11) is -0.266. The lowest BCUT2D eigenvalue weighted by Gasteiger charge is -2.38. The standard InChI is InChI=1S/C25H32N2O5S/c1-6-8-19-18(15-26-21(19)7-2)9-10-22-20-14-24(32-4)23(31-3)13-17(20)11-12-27(22)25(28)16-33(5,29)30/h6-8,13-15,22,26H,2,9-12,16H2,1,3-5H3/b8-6-. The van der Waals surface area contributed by atoms with Gasteiger partial charge in [0.15, 0.2) is 21.3 Å². The lowest BCUT2D eigenvalue weighted by Crippen LogP contribution is -2.43. The quantitative estimate of drug-likeness (QED) is 0.600. The SMILES string of the molecule is C=Cc1[nH]cc(CCC2c3cc(OC)c(OC)cc3CCN2C(=O)CS(C)(=O)=O)c1/C=C\C. The van der Waals surface area contributed by atoms with Crippen molar-refractivity contribution in [3.8, 4) is 11.5 Å². The lowest BCUT2D eigenvalue weighted by atomic mass is 9.88. The summed E-state index contributed by atoms with van der Waals surface area (Å²) >= 11 is 0. The second-order valence-electron chi connectivity index (χ2n) is 8.21. The Bertz CT molecular complexity index is 1160. The molecule has 1 N–H and O–H groups in total. The third kappa shape index (κ3) is 5.50. The fourth-order valence-electron chi connectivity index (χ4n) is 4.47. The van der Waals surface area contributed by atoms with Crippen molar-refractivity contribution in [2.24, 2.45) is 0 Å². The number of rotatable bonds is 9. The lowest BCUT2D eigenvalue weighted by molar-refractivity contribution is -0.131. The topological polar surface area (TPSA) is 88.7 Å². The number of aryl methyl sites for hydroxylation is 1. The predicted octanol–water partition coefficient (Wildman–Crippen LogP) is 3.81. The molecule has 2 aromatic rings. The summed E-state index contributed by atoms with van der Waals surface area (Å²) < 4.78 is 34.7. The van der Waals surface area contributed by atoms with Crippen molar-refractivity contribution in [2.75, 3.05) is 32.8 Å². The van der Waals surface area contributed by atoms with Gasteiger partial charge in [0.2, 0.25) is 5.91 Å². The zero-order chi connectivity index (χ0) is 24.2. The fraction of sp³-hybridized carbons (Fsp3) is 0.400. The summed E-state index contributed by atoms with van der Waals surface area (Å²) in [5.74, 6) is 0.352. The van der Waals surface area contributed by atoms with Crippen molar-refractivity contribution in [3.05, 3.63) is 58.9 Å². The first-order chi connectivity index (χ1) is 15.7. The Morgan fingerprint density at radius 1 is 1.27 bits per heavy atom. The van der Waals surface area contributed by atoms with Crippen LogP contribution < -0.4 is 9.47 Å². The van der Waals surface area contributed by atoms with Gasteiger partial charge in [0.05, 0.1) is 20.3 Å². The van der Waals surface area contributed by atoms with Crippen molar-refractivity contribution >= 4 is 27.9 Å². The first kappa shape index (κ1) is 24.6. The molecule has 0 saturated carbocycles. The second kappa shape index (κ2) is 10.3. The van der Waals surface area contributed by atoms with Gasteiger partial charge in [-0.05, 0) is 61.1 Å². The van der Waals surface area contributed by atoms with Gasteiger partial charge < -0.3 is 19.4 Å². The molecule has 8 heteroatoms. The summed E-state index contributed by atoms with van der Waals surface area (Å²) in [5.41, 5.74) is 5.18. The zero-order valence-electron chi connectivity index (χ0n) is 19.7. The maximum atomic E-state index is 13.0. The van der Waals surface area contributed by atoms with E-state index in [-0.39, 0.29) is 11.9 Å². The Morgan fingerprint density at radius 2 is 1.97 bits per heavy atom. The molecule has 1 aromatic heterocycles. The molecule has 0 bridgehead atoms. The molecule has 1 aromatic carbocycles. The highest BCUT2D eigenvalue weighted by molar-refractivity contribution is 7.91. The van der Waals surface area contributed by atoms with Crippen LogP contribution in [-0.4, -0.2) is 57.0 Å². The van der Waals surface area contributed by atoms with Crippen molar-refractivity contribution < 1.29 is 22.7 Å². The Balaban J connectivity index is 2.00. The maximum Gasteiger partial charge on any atom is 0.238 e. The molecule has 1 aliphatic heterocycles. The highest BCUT2D eigenvalue weighted by Crippen LogP contribution is 2.40. The molecule has 1 atom stereocenters. The number of hydrogen-bond acceptors (Lipinski definition) is 5. The number of nitrogens with zero attached hydrogens (tertiary/aromatic N) is 1. The second-order valence-corrected chi connectivity index (χ2v) is 10.4. The van der Waals surface area contributed by atoms with Crippen molar-refractivity contribution in [1.29, 1.82) is 0 Å². The maximum absolute atomic E-state index is 13.0. The van der Waals surface area contributed by atoms with E-state index in [0.29, 0.717) is 37.3 Å². The van der Waals surface area contributed by atoms with Gasteiger partial charge in [-0.2, -0.15) is 0 Å². The summed E-state index contributed by atoms with van der Waals surface area (Å²) in [5, 5.41) is 0. The van der Waals surface area contributed by atoms with Crippen LogP contribution in [0, 0.1) is 0 Å². The Hall–Kier alpha value is -3.00. The minimum Gasteiger partial charge on any atom is -0.493 e. The molecule has 0 aliphatic carbocycles. The number of benzene rings is 1. The van der Waals surface area contributed by atoms with Crippen molar-refractivity contribution in [1.82, 2.24) is 9.88 Å². The van der Waals surface area contributed by atoms with E-state index >= 15 is 0 Å². The van der Waals surface area contributed by atoms with Crippen LogP contribution in [0.5, 0.6) is 11.5 Å². The number of ether oxygens (including phenoxy) is 2. The van der Waals surface area contributed by atoms with E-state index in [1.54, 1.807) is 25.2 Å². The van der Waals surface area contributed by atoms with Crippen LogP contribution in [0.15, 0.2) is 31.0 Å². The van der Waals surface area contributed by atoms with E-state index in [0.717, 1.165) is 34.2 Å². The molecule has 0 saturated heterocycles. The summed E-state index contributed by atoms with van der Waals surface area (Å²) in [6.45, 7) is 6.29. The van der Waals surface area contributed by atoms with Crippen LogP contribution in [0.3, 0.4) is 0 Å². The number of H-pyrrole nitrogens is 1. The highest BCUT2D eigenvalue weighted by atomic mass is 32.2. The Kier molecular flexibility index (Phi) is 7.68. The van der Waals surface area contributed by atoms with E-state index < -0.39 is 15.6 Å². The fourth-order valence-corrected chi connectivity index (χ4v) is 5.08. The average molecular weight is 473 g/mol. The Morgan fingerprint density at radius 3 is 2.58 bits per heavy atom. The average Bonchev–Trinajstić information content (AvgIpc) is 3.16. The summed E-state index contributed by atoms with van der Waals surface area (Å²) in [6.07, 6.45) is 10.8. The number of aromatic nitrogens is 1. The van der Waals surface area contributed by atoms with Gasteiger partial charge in [-0.25, -0.2) is 8.42 Å². The van der Waals surface area contributed by atoms with Gasteiger partial charge in [-0.3, -0.25) is 4.79 Å². The first-order valence-electron chi connectivity index (χ1n) is 10.9. The first-order valence-corrected chi connectivity index (χ1v) is 13.0. The normalized spacial score (nSPS) is 16.0. The van der Waals surface area contributed by atoms with Gasteiger partial charge in [-0.1, -0.05) is 18.7 Å². The van der Waals surface area contributed by atoms with Crippen molar-refractivity contribution in [3.63, 3.8) is 0 Å². The molecule has 7 nitrogen and oxygen atoms in total. The number of carbonyl (C=O) groups is 1. The predicted molar refractivity (Wildman–Crippen MR) is 131 cm³/mol. The minimum absolute atomic E-state index is 0.275. The molecule has 0 spiro atoms. The van der Waals surface area contributed by atoms with Crippen LogP contribution in [-0.2, 0) is 27.5 Å². The smallest absolute Gasteiger partial charge is 0.238 e.